The summed E-state index contributed by atoms with van der Waals surface area (Å²) in [5.41, 5.74) is 1.05. The van der Waals surface area contributed by atoms with Crippen LogP contribution in [0, 0.1) is 0 Å². The highest BCUT2D eigenvalue weighted by molar-refractivity contribution is 6.30. The van der Waals surface area contributed by atoms with Gasteiger partial charge in [0.1, 0.15) is 5.69 Å². The summed E-state index contributed by atoms with van der Waals surface area (Å²) in [6.45, 7) is 1.40. The molecule has 0 amide bonds. The smallest absolute Gasteiger partial charge is 0.352 e. The van der Waals surface area contributed by atoms with E-state index in [9.17, 15) is 9.59 Å². The molecule has 0 radical (unpaired) electrons. The predicted octanol–water partition coefficient (Wildman–Crippen LogP) is 3.03. The first-order valence-corrected chi connectivity index (χ1v) is 5.59. The average Bonchev–Trinajstić information content (AvgIpc) is 2.75. The Balaban J connectivity index is 2.58. The molecule has 2 rings (SSSR count). The van der Waals surface area contributed by atoms with Gasteiger partial charge in [-0.1, -0.05) is 11.6 Å². The van der Waals surface area contributed by atoms with Crippen molar-refractivity contribution < 1.29 is 14.7 Å². The molecule has 0 aliphatic heterocycles. The minimum absolute atomic E-state index is 0.0440. The fourth-order valence-electron chi connectivity index (χ4n) is 1.64. The molecule has 0 saturated carbocycles. The van der Waals surface area contributed by atoms with Gasteiger partial charge in [-0.05, 0) is 37.3 Å². The number of hydrogen-bond donors (Lipinski definition) is 1. The SMILES string of the molecule is CC(=O)c1cc(C(=O)O)n(-c2ccc(Cl)cc2)c1. The number of carbonyl (C=O) groups excluding carboxylic acids is 1. The van der Waals surface area contributed by atoms with Crippen molar-refractivity contribution in [3.05, 3.63) is 52.8 Å². The molecular formula is C13H10ClNO3. The van der Waals surface area contributed by atoms with Crippen LogP contribution in [0.1, 0.15) is 27.8 Å². The maximum atomic E-state index is 11.3. The largest absolute Gasteiger partial charge is 0.477 e. The monoisotopic (exact) mass is 263 g/mol. The molecule has 0 aliphatic carbocycles. The Labute approximate surface area is 108 Å². The number of ketones is 1. The van der Waals surface area contributed by atoms with Crippen molar-refractivity contribution in [2.45, 2.75) is 6.92 Å². The first-order valence-electron chi connectivity index (χ1n) is 5.21. The summed E-state index contributed by atoms with van der Waals surface area (Å²) in [6, 6.07) is 8.07. The molecule has 0 atom stereocenters. The van der Waals surface area contributed by atoms with E-state index in [4.69, 9.17) is 16.7 Å². The van der Waals surface area contributed by atoms with Gasteiger partial charge in [0, 0.05) is 22.5 Å². The Hall–Kier alpha value is -2.07. The van der Waals surface area contributed by atoms with Gasteiger partial charge >= 0.3 is 5.97 Å². The van der Waals surface area contributed by atoms with Crippen molar-refractivity contribution in [3.8, 4) is 5.69 Å². The molecule has 1 N–H and O–H groups in total. The molecule has 0 spiro atoms. The van der Waals surface area contributed by atoms with Gasteiger partial charge in [-0.25, -0.2) is 4.79 Å². The zero-order valence-electron chi connectivity index (χ0n) is 9.55. The number of carboxylic acid groups (broad SMARTS) is 1. The Morgan fingerprint density at radius 2 is 1.83 bits per heavy atom. The van der Waals surface area contributed by atoms with Crippen molar-refractivity contribution in [2.24, 2.45) is 0 Å². The van der Waals surface area contributed by atoms with E-state index in [1.165, 1.54) is 23.8 Å². The summed E-state index contributed by atoms with van der Waals surface area (Å²) in [5.74, 6) is -1.26. The normalized spacial score (nSPS) is 10.3. The van der Waals surface area contributed by atoms with Crippen LogP contribution < -0.4 is 0 Å². The van der Waals surface area contributed by atoms with E-state index in [0.29, 0.717) is 16.3 Å². The van der Waals surface area contributed by atoms with Crippen LogP contribution in [0.5, 0.6) is 0 Å². The van der Waals surface area contributed by atoms with Crippen LogP contribution in [-0.4, -0.2) is 21.4 Å². The molecule has 5 heteroatoms. The van der Waals surface area contributed by atoms with Crippen LogP contribution in [0.15, 0.2) is 36.5 Å². The number of aromatic nitrogens is 1. The number of Topliss-reactive ketones (excluding diaryl/α,β-unsaturated/α-hetero) is 1. The van der Waals surface area contributed by atoms with Crippen LogP contribution in [0.2, 0.25) is 5.02 Å². The van der Waals surface area contributed by atoms with Gasteiger partial charge in [-0.2, -0.15) is 0 Å². The Bertz CT molecular complexity index is 614. The van der Waals surface area contributed by atoms with E-state index in [2.05, 4.69) is 0 Å². The van der Waals surface area contributed by atoms with Gasteiger partial charge in [0.15, 0.2) is 5.78 Å². The number of halogens is 1. The van der Waals surface area contributed by atoms with Gasteiger partial charge in [0.25, 0.3) is 0 Å². The zero-order chi connectivity index (χ0) is 13.3. The summed E-state index contributed by atoms with van der Waals surface area (Å²) in [7, 11) is 0. The highest BCUT2D eigenvalue weighted by Gasteiger charge is 2.15. The number of aromatic carboxylic acids is 1. The Kier molecular flexibility index (Phi) is 3.21. The van der Waals surface area contributed by atoms with Crippen molar-refractivity contribution in [3.63, 3.8) is 0 Å². The number of carboxylic acids is 1. The molecule has 1 heterocycles. The van der Waals surface area contributed by atoms with E-state index in [-0.39, 0.29) is 11.5 Å². The van der Waals surface area contributed by atoms with Gasteiger partial charge in [0.2, 0.25) is 0 Å². The van der Waals surface area contributed by atoms with Crippen molar-refractivity contribution in [1.29, 1.82) is 0 Å². The minimum Gasteiger partial charge on any atom is -0.477 e. The number of nitrogens with zero attached hydrogens (tertiary/aromatic N) is 1. The Morgan fingerprint density at radius 3 is 2.33 bits per heavy atom. The summed E-state index contributed by atoms with van der Waals surface area (Å²) in [5, 5.41) is 9.68. The second kappa shape index (κ2) is 4.66. The summed E-state index contributed by atoms with van der Waals surface area (Å²) >= 11 is 5.78. The molecule has 1 aromatic carbocycles. The van der Waals surface area contributed by atoms with E-state index in [1.807, 2.05) is 0 Å². The lowest BCUT2D eigenvalue weighted by Crippen LogP contribution is -2.05. The maximum Gasteiger partial charge on any atom is 0.352 e. The third-order valence-corrected chi connectivity index (χ3v) is 2.80. The fourth-order valence-corrected chi connectivity index (χ4v) is 1.76. The standard InChI is InChI=1S/C13H10ClNO3/c1-8(16)9-6-12(13(17)18)15(7-9)11-4-2-10(14)3-5-11/h2-7H,1H3,(H,17,18). The van der Waals surface area contributed by atoms with Crippen LogP contribution in [-0.2, 0) is 0 Å². The topological polar surface area (TPSA) is 59.3 Å². The molecule has 4 nitrogen and oxygen atoms in total. The second-order valence-electron chi connectivity index (χ2n) is 3.82. The minimum atomic E-state index is -1.09. The number of hydrogen-bond acceptors (Lipinski definition) is 2. The van der Waals surface area contributed by atoms with Gasteiger partial charge < -0.3 is 9.67 Å². The molecule has 2 aromatic rings. The van der Waals surface area contributed by atoms with Gasteiger partial charge in [-0.15, -0.1) is 0 Å². The fraction of sp³-hybridized carbons (Fsp3) is 0.0769. The van der Waals surface area contributed by atoms with E-state index in [1.54, 1.807) is 24.3 Å². The summed E-state index contributed by atoms with van der Waals surface area (Å²) in [4.78, 5) is 22.4. The van der Waals surface area contributed by atoms with Gasteiger partial charge in [-0.3, -0.25) is 4.79 Å². The third kappa shape index (κ3) is 2.28. The predicted molar refractivity (Wildman–Crippen MR) is 67.7 cm³/mol. The van der Waals surface area contributed by atoms with Crippen molar-refractivity contribution >= 4 is 23.4 Å². The lowest BCUT2D eigenvalue weighted by Gasteiger charge is -2.05. The lowest BCUT2D eigenvalue weighted by atomic mass is 10.2. The quantitative estimate of drug-likeness (QED) is 0.866. The molecule has 0 bridgehead atoms. The molecule has 92 valence electrons. The summed E-state index contributed by atoms with van der Waals surface area (Å²) < 4.78 is 1.45. The van der Waals surface area contributed by atoms with E-state index < -0.39 is 5.97 Å². The Morgan fingerprint density at radius 1 is 1.22 bits per heavy atom. The molecular weight excluding hydrogens is 254 g/mol. The highest BCUT2D eigenvalue weighted by Crippen LogP contribution is 2.18. The second-order valence-corrected chi connectivity index (χ2v) is 4.26. The molecule has 0 aliphatic rings. The zero-order valence-corrected chi connectivity index (χ0v) is 10.3. The van der Waals surface area contributed by atoms with Crippen LogP contribution in [0.25, 0.3) is 5.69 Å². The molecule has 0 saturated heterocycles. The van der Waals surface area contributed by atoms with E-state index in [0.717, 1.165) is 0 Å². The highest BCUT2D eigenvalue weighted by atomic mass is 35.5. The number of benzene rings is 1. The maximum absolute atomic E-state index is 11.3. The first kappa shape index (κ1) is 12.4. The molecule has 18 heavy (non-hydrogen) atoms. The molecule has 1 aromatic heterocycles. The molecule has 0 unspecified atom stereocenters. The van der Waals surface area contributed by atoms with Crippen LogP contribution >= 0.6 is 11.6 Å². The first-order chi connectivity index (χ1) is 8.49. The van der Waals surface area contributed by atoms with E-state index >= 15 is 0 Å². The third-order valence-electron chi connectivity index (χ3n) is 2.55. The number of carbonyl (C=O) groups is 2. The lowest BCUT2D eigenvalue weighted by molar-refractivity contribution is 0.0688. The summed E-state index contributed by atoms with van der Waals surface area (Å²) in [6.07, 6.45) is 1.51. The van der Waals surface area contributed by atoms with Crippen molar-refractivity contribution in [1.82, 2.24) is 4.57 Å². The van der Waals surface area contributed by atoms with Crippen molar-refractivity contribution in [2.75, 3.05) is 0 Å². The van der Waals surface area contributed by atoms with Gasteiger partial charge in [0.05, 0.1) is 0 Å². The number of rotatable bonds is 3. The van der Waals surface area contributed by atoms with Crippen LogP contribution in [0.4, 0.5) is 0 Å². The van der Waals surface area contributed by atoms with Crippen LogP contribution in [0.3, 0.4) is 0 Å². The average molecular weight is 264 g/mol. The molecule has 0 fully saturated rings.